The van der Waals surface area contributed by atoms with E-state index in [0.717, 1.165) is 16.8 Å². The van der Waals surface area contributed by atoms with Gasteiger partial charge in [-0.05, 0) is 24.1 Å². The molecule has 1 N–H and O–H groups in total. The Hall–Kier alpha value is -2.03. The number of hydrogen-bond donors (Lipinski definition) is 1. The lowest BCUT2D eigenvalue weighted by atomic mass is 10.1. The summed E-state index contributed by atoms with van der Waals surface area (Å²) in [5, 5.41) is 8.75. The van der Waals surface area contributed by atoms with Crippen molar-refractivity contribution in [2.45, 2.75) is 13.5 Å². The second kappa shape index (κ2) is 4.23. The Morgan fingerprint density at radius 3 is 2.56 bits per heavy atom. The molecule has 2 aromatic rings. The number of aryl methyl sites for hydroxylation is 1. The van der Waals surface area contributed by atoms with Gasteiger partial charge in [0.25, 0.3) is 0 Å². The Labute approximate surface area is 94.0 Å². The van der Waals surface area contributed by atoms with Crippen molar-refractivity contribution in [1.29, 1.82) is 0 Å². The molecule has 0 unspecified atom stereocenters. The van der Waals surface area contributed by atoms with Crippen LogP contribution >= 0.6 is 0 Å². The van der Waals surface area contributed by atoms with E-state index in [0.29, 0.717) is 0 Å². The molecule has 0 saturated carbocycles. The topological polar surface area (TPSA) is 42.2 Å². The van der Waals surface area contributed by atoms with Crippen molar-refractivity contribution in [3.63, 3.8) is 0 Å². The number of nitrogens with zero attached hydrogens (tertiary/aromatic N) is 1. The van der Waals surface area contributed by atoms with Crippen LogP contribution in [0.2, 0.25) is 0 Å². The molecule has 1 aromatic heterocycles. The van der Waals surface area contributed by atoms with Gasteiger partial charge in [-0.1, -0.05) is 30.3 Å². The molecule has 3 nitrogen and oxygen atoms in total. The molecule has 16 heavy (non-hydrogen) atoms. The minimum absolute atomic E-state index is 0.0126. The number of hydrogen-bond acceptors (Lipinski definition) is 1. The highest BCUT2D eigenvalue weighted by atomic mass is 16.4. The van der Waals surface area contributed by atoms with Crippen LogP contribution in [0.1, 0.15) is 5.69 Å². The highest BCUT2D eigenvalue weighted by molar-refractivity contribution is 5.68. The van der Waals surface area contributed by atoms with Crippen LogP contribution in [0, 0.1) is 6.92 Å². The van der Waals surface area contributed by atoms with Crippen LogP contribution in [0.4, 0.5) is 0 Å². The number of carbonyl (C=O) groups is 1. The molecule has 1 aromatic carbocycles. The maximum Gasteiger partial charge on any atom is 0.323 e. The van der Waals surface area contributed by atoms with E-state index in [4.69, 9.17) is 5.11 Å². The zero-order chi connectivity index (χ0) is 11.5. The summed E-state index contributed by atoms with van der Waals surface area (Å²) < 4.78 is 1.74. The summed E-state index contributed by atoms with van der Waals surface area (Å²) in [5.41, 5.74) is 3.12. The molecular formula is C13H13NO2. The van der Waals surface area contributed by atoms with Crippen molar-refractivity contribution in [3.05, 3.63) is 48.3 Å². The molecule has 0 aliphatic heterocycles. The third-order valence-electron chi connectivity index (χ3n) is 2.53. The lowest BCUT2D eigenvalue weighted by Gasteiger charge is -2.00. The second-order valence-corrected chi connectivity index (χ2v) is 3.76. The first kappa shape index (κ1) is 10.5. The SMILES string of the molecule is Cc1cc(-c2ccccc2)cn1CC(=O)O. The average molecular weight is 215 g/mol. The van der Waals surface area contributed by atoms with Gasteiger partial charge in [0.15, 0.2) is 0 Å². The highest BCUT2D eigenvalue weighted by Crippen LogP contribution is 2.21. The molecule has 0 spiro atoms. The Kier molecular flexibility index (Phi) is 2.77. The van der Waals surface area contributed by atoms with E-state index in [1.165, 1.54) is 0 Å². The molecule has 0 radical (unpaired) electrons. The summed E-state index contributed by atoms with van der Waals surface area (Å²) in [7, 11) is 0. The maximum atomic E-state index is 10.6. The minimum Gasteiger partial charge on any atom is -0.480 e. The van der Waals surface area contributed by atoms with Gasteiger partial charge < -0.3 is 9.67 Å². The van der Waals surface area contributed by atoms with E-state index in [-0.39, 0.29) is 6.54 Å². The van der Waals surface area contributed by atoms with Crippen LogP contribution in [0.25, 0.3) is 11.1 Å². The molecule has 2 rings (SSSR count). The number of aliphatic carboxylic acids is 1. The molecule has 0 aliphatic rings. The Morgan fingerprint density at radius 1 is 1.25 bits per heavy atom. The fourth-order valence-electron chi connectivity index (χ4n) is 1.72. The zero-order valence-corrected chi connectivity index (χ0v) is 9.05. The van der Waals surface area contributed by atoms with Crippen molar-refractivity contribution in [1.82, 2.24) is 4.57 Å². The van der Waals surface area contributed by atoms with E-state index >= 15 is 0 Å². The Morgan fingerprint density at radius 2 is 1.94 bits per heavy atom. The molecule has 82 valence electrons. The minimum atomic E-state index is -0.821. The average Bonchev–Trinajstić information content (AvgIpc) is 2.61. The molecule has 0 fully saturated rings. The number of aromatic nitrogens is 1. The van der Waals surface area contributed by atoms with E-state index < -0.39 is 5.97 Å². The van der Waals surface area contributed by atoms with Crippen LogP contribution in [0.15, 0.2) is 42.6 Å². The molecule has 0 atom stereocenters. The molecule has 0 saturated heterocycles. The van der Waals surface area contributed by atoms with E-state index in [1.54, 1.807) is 4.57 Å². The Balaban J connectivity index is 2.34. The van der Waals surface area contributed by atoms with Gasteiger partial charge in [0.1, 0.15) is 6.54 Å². The third-order valence-corrected chi connectivity index (χ3v) is 2.53. The van der Waals surface area contributed by atoms with Crippen LogP contribution in [-0.2, 0) is 11.3 Å². The zero-order valence-electron chi connectivity index (χ0n) is 9.05. The van der Waals surface area contributed by atoms with Crippen molar-refractivity contribution >= 4 is 5.97 Å². The maximum absolute atomic E-state index is 10.6. The summed E-state index contributed by atoms with van der Waals surface area (Å²) in [6.07, 6.45) is 1.87. The lowest BCUT2D eigenvalue weighted by molar-refractivity contribution is -0.137. The molecule has 0 amide bonds. The fourth-order valence-corrected chi connectivity index (χ4v) is 1.72. The van der Waals surface area contributed by atoms with E-state index in [9.17, 15) is 4.79 Å². The van der Waals surface area contributed by atoms with E-state index in [1.807, 2.05) is 49.5 Å². The predicted octanol–water partition coefficient (Wildman–Crippen LogP) is 2.55. The van der Waals surface area contributed by atoms with Gasteiger partial charge in [-0.25, -0.2) is 0 Å². The van der Waals surface area contributed by atoms with Gasteiger partial charge in [-0.15, -0.1) is 0 Å². The van der Waals surface area contributed by atoms with Gasteiger partial charge in [0.2, 0.25) is 0 Å². The standard InChI is InChI=1S/C13H13NO2/c1-10-7-12(8-14(10)9-13(15)16)11-5-3-2-4-6-11/h2-8H,9H2,1H3,(H,15,16). The normalized spacial score (nSPS) is 10.3. The number of carboxylic acids is 1. The van der Waals surface area contributed by atoms with Gasteiger partial charge >= 0.3 is 5.97 Å². The first-order chi connectivity index (χ1) is 7.66. The monoisotopic (exact) mass is 215 g/mol. The van der Waals surface area contributed by atoms with Crippen molar-refractivity contribution in [3.8, 4) is 11.1 Å². The fraction of sp³-hybridized carbons (Fsp3) is 0.154. The largest absolute Gasteiger partial charge is 0.480 e. The third kappa shape index (κ3) is 2.14. The van der Waals surface area contributed by atoms with Gasteiger partial charge in [-0.2, -0.15) is 0 Å². The molecule has 0 bridgehead atoms. The second-order valence-electron chi connectivity index (χ2n) is 3.76. The van der Waals surface area contributed by atoms with Crippen molar-refractivity contribution in [2.75, 3.05) is 0 Å². The van der Waals surface area contributed by atoms with Crippen LogP contribution in [-0.4, -0.2) is 15.6 Å². The molecular weight excluding hydrogens is 202 g/mol. The first-order valence-corrected chi connectivity index (χ1v) is 5.11. The van der Waals surface area contributed by atoms with Gasteiger partial charge in [0, 0.05) is 11.9 Å². The Bertz CT molecular complexity index is 500. The van der Waals surface area contributed by atoms with Gasteiger partial charge in [-0.3, -0.25) is 4.79 Å². The summed E-state index contributed by atoms with van der Waals surface area (Å²) in [6, 6.07) is 11.9. The predicted molar refractivity (Wildman–Crippen MR) is 62.2 cm³/mol. The number of benzene rings is 1. The molecule has 3 heteroatoms. The smallest absolute Gasteiger partial charge is 0.323 e. The quantitative estimate of drug-likeness (QED) is 0.854. The van der Waals surface area contributed by atoms with Crippen LogP contribution in [0.3, 0.4) is 0 Å². The lowest BCUT2D eigenvalue weighted by Crippen LogP contribution is -2.08. The van der Waals surface area contributed by atoms with E-state index in [2.05, 4.69) is 0 Å². The summed E-state index contributed by atoms with van der Waals surface area (Å²) in [4.78, 5) is 10.6. The van der Waals surface area contributed by atoms with Gasteiger partial charge in [0.05, 0.1) is 0 Å². The molecule has 0 aliphatic carbocycles. The summed E-state index contributed by atoms with van der Waals surface area (Å²) >= 11 is 0. The highest BCUT2D eigenvalue weighted by Gasteiger charge is 2.06. The van der Waals surface area contributed by atoms with Crippen LogP contribution < -0.4 is 0 Å². The van der Waals surface area contributed by atoms with Crippen molar-refractivity contribution < 1.29 is 9.90 Å². The summed E-state index contributed by atoms with van der Waals surface area (Å²) in [6.45, 7) is 1.92. The van der Waals surface area contributed by atoms with Crippen LogP contribution in [0.5, 0.6) is 0 Å². The number of rotatable bonds is 3. The number of carboxylic acid groups (broad SMARTS) is 1. The van der Waals surface area contributed by atoms with Crippen molar-refractivity contribution in [2.24, 2.45) is 0 Å². The first-order valence-electron chi connectivity index (χ1n) is 5.11. The molecule has 1 heterocycles. The summed E-state index contributed by atoms with van der Waals surface area (Å²) in [5.74, 6) is -0.821.